The number of allylic oxidation sites excluding steroid dienone is 4. The van der Waals surface area contributed by atoms with Gasteiger partial charge in [-0.15, -0.1) is 0 Å². The minimum Gasteiger partial charge on any atom is -0.399 e. The minimum absolute atomic E-state index is 0.221. The Morgan fingerprint density at radius 3 is 2.61 bits per heavy atom. The lowest BCUT2D eigenvalue weighted by Crippen LogP contribution is -2.42. The molecule has 0 heterocycles. The highest BCUT2D eigenvalue weighted by atomic mass is 35.5. The predicted molar refractivity (Wildman–Crippen MR) is 88.3 cm³/mol. The van der Waals surface area contributed by atoms with Crippen LogP contribution in [0.4, 0.5) is 8.78 Å². The molecule has 5 heteroatoms. The lowest BCUT2D eigenvalue weighted by Gasteiger charge is -2.43. The van der Waals surface area contributed by atoms with Gasteiger partial charge in [0.2, 0.25) is 0 Å². The van der Waals surface area contributed by atoms with Crippen molar-refractivity contribution in [1.82, 2.24) is 0 Å². The average molecular weight is 342 g/mol. The fourth-order valence-corrected chi connectivity index (χ4v) is 3.80. The van der Waals surface area contributed by atoms with Crippen LogP contribution in [-0.2, 0) is 4.74 Å². The molecule has 1 fully saturated rings. The van der Waals surface area contributed by atoms with Crippen LogP contribution in [0, 0.1) is 0 Å². The molecule has 0 amide bonds. The van der Waals surface area contributed by atoms with E-state index in [0.29, 0.717) is 12.1 Å². The monoisotopic (exact) mass is 341 g/mol. The largest absolute Gasteiger partial charge is 0.399 e. The maximum Gasteiger partial charge on any atom is 0.139 e. The third-order valence-electron chi connectivity index (χ3n) is 4.94. The summed E-state index contributed by atoms with van der Waals surface area (Å²) in [6, 6.07) is 0. The maximum atomic E-state index is 14.2. The summed E-state index contributed by atoms with van der Waals surface area (Å²) < 4.78 is 34.5. The van der Waals surface area contributed by atoms with Gasteiger partial charge in [0.05, 0.1) is 10.6 Å². The highest BCUT2D eigenvalue weighted by Gasteiger charge is 2.41. The standard InChI is InChI=1S/C18H22ClF2NO/c19-14-6-4-12(10-15(14)20)18(8-2-1-3-9-18)23-17-7-5-13(22)11-16(17)21/h4-6,11,15,17H,1-3,7-10,22H2. The first-order chi connectivity index (χ1) is 11.0. The van der Waals surface area contributed by atoms with E-state index in [4.69, 9.17) is 22.1 Å². The van der Waals surface area contributed by atoms with Crippen molar-refractivity contribution in [2.75, 3.05) is 0 Å². The van der Waals surface area contributed by atoms with Crippen molar-refractivity contribution in [2.45, 2.75) is 62.8 Å². The van der Waals surface area contributed by atoms with Crippen LogP contribution in [-0.4, -0.2) is 17.9 Å². The average Bonchev–Trinajstić information content (AvgIpc) is 2.54. The second kappa shape index (κ2) is 6.78. The van der Waals surface area contributed by atoms with Gasteiger partial charge in [-0.25, -0.2) is 8.78 Å². The zero-order chi connectivity index (χ0) is 16.4. The van der Waals surface area contributed by atoms with Crippen LogP contribution in [0.1, 0.15) is 44.9 Å². The second-order valence-electron chi connectivity index (χ2n) is 6.55. The van der Waals surface area contributed by atoms with Crippen molar-refractivity contribution in [3.8, 4) is 0 Å². The molecule has 0 bridgehead atoms. The van der Waals surface area contributed by atoms with Gasteiger partial charge in [-0.3, -0.25) is 0 Å². The van der Waals surface area contributed by atoms with Crippen molar-refractivity contribution >= 4 is 11.6 Å². The number of rotatable bonds is 3. The predicted octanol–water partition coefficient (Wildman–Crippen LogP) is 4.97. The topological polar surface area (TPSA) is 35.2 Å². The van der Waals surface area contributed by atoms with Crippen LogP contribution >= 0.6 is 11.6 Å². The van der Waals surface area contributed by atoms with Crippen LogP contribution in [0.2, 0.25) is 0 Å². The first kappa shape index (κ1) is 16.7. The summed E-state index contributed by atoms with van der Waals surface area (Å²) in [5.41, 5.74) is 6.36. The molecular formula is C18H22ClF2NO. The lowest BCUT2D eigenvalue weighted by atomic mass is 9.76. The molecule has 0 spiro atoms. The Balaban J connectivity index is 1.85. The van der Waals surface area contributed by atoms with Crippen molar-refractivity contribution < 1.29 is 13.5 Å². The Kier molecular flexibility index (Phi) is 4.93. The molecule has 126 valence electrons. The molecule has 0 saturated heterocycles. The molecule has 0 aromatic rings. The van der Waals surface area contributed by atoms with Crippen LogP contribution in [0.25, 0.3) is 0 Å². The van der Waals surface area contributed by atoms with Crippen molar-refractivity contribution in [1.29, 1.82) is 0 Å². The van der Waals surface area contributed by atoms with E-state index in [9.17, 15) is 8.78 Å². The Hall–Kier alpha value is -1.13. The van der Waals surface area contributed by atoms with Gasteiger partial charge in [0.15, 0.2) is 0 Å². The molecule has 3 aliphatic carbocycles. The Morgan fingerprint density at radius 2 is 1.96 bits per heavy atom. The number of ether oxygens (including phenoxy) is 1. The summed E-state index contributed by atoms with van der Waals surface area (Å²) in [7, 11) is 0. The molecule has 0 aliphatic heterocycles. The molecular weight excluding hydrogens is 320 g/mol. The SMILES string of the molecule is NC1=CCC(OC2(C3=CC=C(Cl)C(F)C3)CCCCC2)C(F)=C1. The maximum absolute atomic E-state index is 14.2. The summed E-state index contributed by atoms with van der Waals surface area (Å²) in [5, 5.41) is 0.221. The van der Waals surface area contributed by atoms with Crippen molar-refractivity contribution in [2.24, 2.45) is 5.73 Å². The molecule has 0 aromatic heterocycles. The summed E-state index contributed by atoms with van der Waals surface area (Å²) in [4.78, 5) is 0. The molecule has 2 unspecified atom stereocenters. The zero-order valence-electron chi connectivity index (χ0n) is 13.0. The molecule has 0 radical (unpaired) electrons. The normalized spacial score (nSPS) is 30.9. The highest BCUT2D eigenvalue weighted by Crippen LogP contribution is 2.44. The first-order valence-corrected chi connectivity index (χ1v) is 8.59. The first-order valence-electron chi connectivity index (χ1n) is 8.21. The lowest BCUT2D eigenvalue weighted by molar-refractivity contribution is -0.0845. The molecule has 1 saturated carbocycles. The van der Waals surface area contributed by atoms with E-state index in [1.807, 2.05) is 6.08 Å². The van der Waals surface area contributed by atoms with Gasteiger partial charge in [0.25, 0.3) is 0 Å². The number of alkyl halides is 1. The fourth-order valence-electron chi connectivity index (χ4n) is 3.66. The van der Waals surface area contributed by atoms with Crippen LogP contribution in [0.5, 0.6) is 0 Å². The van der Waals surface area contributed by atoms with Crippen molar-refractivity contribution in [3.05, 3.63) is 46.4 Å². The van der Waals surface area contributed by atoms with Crippen LogP contribution in [0.3, 0.4) is 0 Å². The van der Waals surface area contributed by atoms with E-state index >= 15 is 0 Å². The summed E-state index contributed by atoms with van der Waals surface area (Å²) >= 11 is 5.86. The van der Waals surface area contributed by atoms with E-state index < -0.39 is 17.9 Å². The third kappa shape index (κ3) is 3.53. The quantitative estimate of drug-likeness (QED) is 0.787. The van der Waals surface area contributed by atoms with E-state index in [-0.39, 0.29) is 17.3 Å². The molecule has 0 aromatic carbocycles. The number of nitrogens with two attached hydrogens (primary N) is 1. The van der Waals surface area contributed by atoms with Gasteiger partial charge < -0.3 is 10.5 Å². The Labute approximate surface area is 140 Å². The number of hydrogen-bond acceptors (Lipinski definition) is 2. The van der Waals surface area contributed by atoms with Crippen LogP contribution in [0.15, 0.2) is 46.4 Å². The van der Waals surface area contributed by atoms with Gasteiger partial charge in [0.1, 0.15) is 18.1 Å². The van der Waals surface area contributed by atoms with E-state index in [0.717, 1.165) is 37.7 Å². The van der Waals surface area contributed by atoms with E-state index in [1.54, 1.807) is 12.2 Å². The number of hydrogen-bond donors (Lipinski definition) is 1. The smallest absolute Gasteiger partial charge is 0.139 e. The van der Waals surface area contributed by atoms with Gasteiger partial charge in [-0.1, -0.05) is 43.0 Å². The Bertz CT molecular complexity index is 588. The Morgan fingerprint density at radius 1 is 1.22 bits per heavy atom. The van der Waals surface area contributed by atoms with Gasteiger partial charge in [0, 0.05) is 18.5 Å². The summed E-state index contributed by atoms with van der Waals surface area (Å²) in [6.45, 7) is 0. The van der Waals surface area contributed by atoms with E-state index in [2.05, 4.69) is 0 Å². The van der Waals surface area contributed by atoms with Crippen molar-refractivity contribution in [3.63, 3.8) is 0 Å². The fraction of sp³-hybridized carbons (Fsp3) is 0.556. The molecule has 2 N–H and O–H groups in total. The zero-order valence-corrected chi connectivity index (χ0v) is 13.8. The summed E-state index contributed by atoms with van der Waals surface area (Å²) in [5.74, 6) is -0.350. The molecule has 3 rings (SSSR count). The van der Waals surface area contributed by atoms with Gasteiger partial charge in [-0.2, -0.15) is 0 Å². The molecule has 23 heavy (non-hydrogen) atoms. The van der Waals surface area contributed by atoms with Gasteiger partial charge >= 0.3 is 0 Å². The van der Waals surface area contributed by atoms with Crippen LogP contribution < -0.4 is 5.73 Å². The number of halogens is 3. The molecule has 3 aliphatic rings. The minimum atomic E-state index is -1.19. The summed E-state index contributed by atoms with van der Waals surface area (Å²) in [6.07, 6.45) is 10.1. The second-order valence-corrected chi connectivity index (χ2v) is 6.98. The van der Waals surface area contributed by atoms with E-state index in [1.165, 1.54) is 6.08 Å². The molecule has 2 atom stereocenters. The third-order valence-corrected chi connectivity index (χ3v) is 5.30. The molecule has 2 nitrogen and oxygen atoms in total. The highest BCUT2D eigenvalue weighted by molar-refractivity contribution is 6.30. The van der Waals surface area contributed by atoms with Gasteiger partial charge in [-0.05, 0) is 30.6 Å².